The van der Waals surface area contributed by atoms with Crippen LogP contribution in [0.15, 0.2) is 78.9 Å². The van der Waals surface area contributed by atoms with Gasteiger partial charge in [0.05, 0.1) is 0 Å². The minimum Gasteiger partial charge on any atom is -0.0683 e. The van der Waals surface area contributed by atoms with E-state index in [1.807, 2.05) is 41.5 Å². The van der Waals surface area contributed by atoms with Crippen molar-refractivity contribution in [3.8, 4) is 22.3 Å². The molecule has 5 aromatic carbocycles. The molecule has 0 amide bonds. The average Bonchev–Trinajstić information content (AvgIpc) is 3.49. The van der Waals surface area contributed by atoms with Gasteiger partial charge in [-0.15, -0.1) is 0 Å². The minimum atomic E-state index is 1.06. The van der Waals surface area contributed by atoms with Crippen LogP contribution in [0.5, 0.6) is 0 Å². The first-order valence-electron chi connectivity index (χ1n) is 15.4. The van der Waals surface area contributed by atoms with Gasteiger partial charge in [0.15, 0.2) is 0 Å². The Labute approximate surface area is 243 Å². The Balaban J connectivity index is 0.000000209. The van der Waals surface area contributed by atoms with E-state index in [-0.39, 0.29) is 0 Å². The monoisotopic (exact) mass is 526 g/mol. The molecule has 0 heteroatoms. The molecule has 0 saturated heterocycles. The van der Waals surface area contributed by atoms with Crippen LogP contribution in [0.4, 0.5) is 0 Å². The fourth-order valence-corrected chi connectivity index (χ4v) is 6.75. The molecule has 0 atom stereocenters. The van der Waals surface area contributed by atoms with Crippen LogP contribution in [0.1, 0.15) is 91.6 Å². The molecule has 0 radical (unpaired) electrons. The highest BCUT2D eigenvalue weighted by Crippen LogP contribution is 2.54. The van der Waals surface area contributed by atoms with Gasteiger partial charge in [-0.3, -0.25) is 0 Å². The largest absolute Gasteiger partial charge is 0.0683 e. The van der Waals surface area contributed by atoms with Crippen LogP contribution in [-0.4, -0.2) is 0 Å². The average molecular weight is 527 g/mol. The van der Waals surface area contributed by atoms with Crippen LogP contribution in [0.3, 0.4) is 0 Å². The van der Waals surface area contributed by atoms with Gasteiger partial charge in [0, 0.05) is 0 Å². The van der Waals surface area contributed by atoms with E-state index < -0.39 is 0 Å². The Kier molecular flexibility index (Phi) is 9.31. The molecule has 5 aromatic rings. The summed E-state index contributed by atoms with van der Waals surface area (Å²) in [4.78, 5) is 0. The molecule has 8 rings (SSSR count). The molecule has 0 N–H and O–H groups in total. The summed E-state index contributed by atoms with van der Waals surface area (Å²) in [7, 11) is 0. The van der Waals surface area contributed by atoms with E-state index in [0.717, 1.165) is 19.3 Å². The quantitative estimate of drug-likeness (QED) is 0.184. The highest BCUT2D eigenvalue weighted by Gasteiger charge is 2.34. The fraction of sp³-hybridized carbons (Fsp3) is 0.300. The molecule has 0 fully saturated rings. The summed E-state index contributed by atoms with van der Waals surface area (Å²) in [6, 6.07) is 29.6. The van der Waals surface area contributed by atoms with Gasteiger partial charge in [0.25, 0.3) is 0 Å². The standard InChI is InChI=1S/C25H16.C9H12.3C2H6/c1-2-7-20-14(4-1)10-19-12-18-9-8-17-11-15-5-3-6-16-13-21(20)23(19)25(18)24(17)22(15)16;1-7-4-8(2)6-9(3)5-7;3*1-2/h1-10H,11-13H2;4-6H,1-3H3;3*1-2H3. The predicted molar refractivity (Wildman–Crippen MR) is 178 cm³/mol. The van der Waals surface area contributed by atoms with E-state index in [4.69, 9.17) is 0 Å². The van der Waals surface area contributed by atoms with Gasteiger partial charge in [-0.25, -0.2) is 0 Å². The molecule has 0 bridgehead atoms. The van der Waals surface area contributed by atoms with E-state index in [2.05, 4.69) is 99.6 Å². The lowest BCUT2D eigenvalue weighted by Crippen LogP contribution is -1.95. The summed E-state index contributed by atoms with van der Waals surface area (Å²) in [6.07, 6.45) is 3.25. The highest BCUT2D eigenvalue weighted by atomic mass is 14.4. The van der Waals surface area contributed by atoms with Crippen molar-refractivity contribution in [3.05, 3.63) is 129 Å². The predicted octanol–water partition coefficient (Wildman–Crippen LogP) is 11.6. The second kappa shape index (κ2) is 12.7. The third-order valence-corrected chi connectivity index (χ3v) is 7.85. The summed E-state index contributed by atoms with van der Waals surface area (Å²) in [5.41, 5.74) is 19.4. The number of aryl methyl sites for hydroxylation is 3. The Morgan fingerprint density at radius 3 is 1.48 bits per heavy atom. The van der Waals surface area contributed by atoms with Gasteiger partial charge in [0.1, 0.15) is 0 Å². The van der Waals surface area contributed by atoms with Crippen molar-refractivity contribution in [1.82, 2.24) is 0 Å². The third-order valence-electron chi connectivity index (χ3n) is 7.85. The van der Waals surface area contributed by atoms with Crippen LogP contribution in [-0.2, 0) is 19.3 Å². The van der Waals surface area contributed by atoms with Crippen molar-refractivity contribution in [2.45, 2.75) is 81.6 Å². The molecule has 206 valence electrons. The second-order valence-corrected chi connectivity index (χ2v) is 10.4. The first kappa shape index (κ1) is 29.3. The first-order chi connectivity index (χ1) is 19.6. The molecule has 0 heterocycles. The molecule has 40 heavy (non-hydrogen) atoms. The fourth-order valence-electron chi connectivity index (χ4n) is 6.75. The zero-order valence-electron chi connectivity index (χ0n) is 26.1. The Bertz CT molecular complexity index is 1600. The molecule has 0 aromatic heterocycles. The lowest BCUT2D eigenvalue weighted by atomic mass is 9.90. The zero-order valence-corrected chi connectivity index (χ0v) is 26.1. The van der Waals surface area contributed by atoms with Gasteiger partial charge in [-0.2, -0.15) is 0 Å². The number of fused-ring (bicyclic) bond motifs is 2. The lowest BCUT2D eigenvalue weighted by molar-refractivity contribution is 1.20. The molecule has 3 aliphatic rings. The van der Waals surface area contributed by atoms with Gasteiger partial charge in [0.2, 0.25) is 0 Å². The van der Waals surface area contributed by atoms with Crippen LogP contribution in [0.2, 0.25) is 0 Å². The van der Waals surface area contributed by atoms with Crippen LogP contribution < -0.4 is 0 Å². The molecular weight excluding hydrogens is 480 g/mol. The summed E-state index contributed by atoms with van der Waals surface area (Å²) in [6.45, 7) is 18.4. The summed E-state index contributed by atoms with van der Waals surface area (Å²) in [5, 5.41) is 2.83. The molecule has 0 unspecified atom stereocenters. The zero-order chi connectivity index (χ0) is 29.0. The SMILES string of the molecule is CC.CC.CC.Cc1cc(C)cc(C)c1.c1cc2c3c(c1)Cc1c4c(cc5ccccc15)Cc1ccc(c-3c1-4)C2. The van der Waals surface area contributed by atoms with E-state index in [1.54, 1.807) is 27.8 Å². The van der Waals surface area contributed by atoms with Gasteiger partial charge < -0.3 is 0 Å². The summed E-state index contributed by atoms with van der Waals surface area (Å²) in [5.74, 6) is 0. The molecule has 0 aliphatic heterocycles. The second-order valence-electron chi connectivity index (χ2n) is 10.4. The van der Waals surface area contributed by atoms with E-state index in [1.165, 1.54) is 55.3 Å². The number of hydrogen-bond donors (Lipinski definition) is 0. The van der Waals surface area contributed by atoms with Crippen molar-refractivity contribution >= 4 is 10.8 Å². The molecular formula is C40H46. The molecule has 0 saturated carbocycles. The first-order valence-corrected chi connectivity index (χ1v) is 15.4. The smallest absolute Gasteiger partial charge is 0.000707 e. The molecule has 0 spiro atoms. The van der Waals surface area contributed by atoms with Crippen molar-refractivity contribution in [1.29, 1.82) is 0 Å². The Morgan fingerprint density at radius 1 is 0.400 bits per heavy atom. The summed E-state index contributed by atoms with van der Waals surface area (Å²) < 4.78 is 0. The third kappa shape index (κ3) is 5.13. The van der Waals surface area contributed by atoms with Gasteiger partial charge in [-0.1, -0.05) is 137 Å². The minimum absolute atomic E-state index is 1.06. The highest BCUT2D eigenvalue weighted by molar-refractivity contribution is 6.04. The van der Waals surface area contributed by atoms with Gasteiger partial charge in [-0.05, 0) is 106 Å². The maximum atomic E-state index is 2.44. The van der Waals surface area contributed by atoms with Crippen molar-refractivity contribution in [3.63, 3.8) is 0 Å². The number of benzene rings is 5. The van der Waals surface area contributed by atoms with Crippen molar-refractivity contribution in [2.75, 3.05) is 0 Å². The molecule has 0 nitrogen and oxygen atoms in total. The molecule has 3 aliphatic carbocycles. The summed E-state index contributed by atoms with van der Waals surface area (Å²) >= 11 is 0. The number of hydrogen-bond acceptors (Lipinski definition) is 0. The van der Waals surface area contributed by atoms with E-state index in [9.17, 15) is 0 Å². The van der Waals surface area contributed by atoms with Crippen molar-refractivity contribution < 1.29 is 0 Å². The van der Waals surface area contributed by atoms with E-state index >= 15 is 0 Å². The van der Waals surface area contributed by atoms with Gasteiger partial charge >= 0.3 is 0 Å². The Morgan fingerprint density at radius 2 is 0.875 bits per heavy atom. The lowest BCUT2D eigenvalue weighted by Gasteiger charge is -2.13. The Hall–Kier alpha value is -3.64. The van der Waals surface area contributed by atoms with E-state index in [0.29, 0.717) is 0 Å². The van der Waals surface area contributed by atoms with Crippen LogP contribution >= 0.6 is 0 Å². The van der Waals surface area contributed by atoms with Crippen LogP contribution in [0, 0.1) is 20.8 Å². The topological polar surface area (TPSA) is 0 Å². The maximum absolute atomic E-state index is 2.44. The van der Waals surface area contributed by atoms with Crippen LogP contribution in [0.25, 0.3) is 33.0 Å². The van der Waals surface area contributed by atoms with Crippen molar-refractivity contribution in [2.24, 2.45) is 0 Å². The maximum Gasteiger partial charge on any atom is -0.000707 e. The number of rotatable bonds is 0. The normalized spacial score (nSPS) is 11.8.